The third kappa shape index (κ3) is 2.72. The van der Waals surface area contributed by atoms with Crippen LogP contribution in [0.3, 0.4) is 0 Å². The molecule has 27 heavy (non-hydrogen) atoms. The Morgan fingerprint density at radius 3 is 2.44 bits per heavy atom. The number of aromatic nitrogens is 1. The summed E-state index contributed by atoms with van der Waals surface area (Å²) in [6.45, 7) is 2.17. The number of carbonyl (C=O) groups excluding carboxylic acids is 1. The largest absolute Gasteiger partial charge is 0.397 e. The second kappa shape index (κ2) is 6.64. The van der Waals surface area contributed by atoms with E-state index in [2.05, 4.69) is 4.90 Å². The normalized spacial score (nSPS) is 16.7. The summed E-state index contributed by atoms with van der Waals surface area (Å²) in [6, 6.07) is 9.41. The van der Waals surface area contributed by atoms with Crippen LogP contribution in [0.5, 0.6) is 0 Å². The van der Waals surface area contributed by atoms with Crippen LogP contribution >= 0.6 is 11.3 Å². The first-order chi connectivity index (χ1) is 13.2. The van der Waals surface area contributed by atoms with Crippen molar-refractivity contribution in [3.05, 3.63) is 51.9 Å². The van der Waals surface area contributed by atoms with Crippen molar-refractivity contribution < 1.29 is 4.79 Å². The molecule has 0 saturated carbocycles. The lowest BCUT2D eigenvalue weighted by atomic mass is 9.89. The number of benzene rings is 1. The molecule has 0 spiro atoms. The predicted octanol–water partition coefficient (Wildman–Crippen LogP) is 4.59. The van der Waals surface area contributed by atoms with Crippen LogP contribution in [0.1, 0.15) is 52.0 Å². The van der Waals surface area contributed by atoms with Crippen LogP contribution in [0.15, 0.2) is 30.3 Å². The second-order valence-corrected chi connectivity index (χ2v) is 8.51. The highest BCUT2D eigenvalue weighted by Gasteiger charge is 2.28. The molecule has 3 heterocycles. The lowest BCUT2D eigenvalue weighted by molar-refractivity contribution is 0.104. The van der Waals surface area contributed by atoms with Crippen molar-refractivity contribution in [3.63, 3.8) is 0 Å². The van der Waals surface area contributed by atoms with Crippen LogP contribution in [-0.2, 0) is 12.8 Å². The number of fused-ring (bicyclic) bond motifs is 3. The van der Waals surface area contributed by atoms with Crippen LogP contribution in [0, 0.1) is 0 Å². The van der Waals surface area contributed by atoms with Gasteiger partial charge in [0.25, 0.3) is 0 Å². The Morgan fingerprint density at radius 1 is 1.00 bits per heavy atom. The number of thiophene rings is 1. The average Bonchev–Trinajstić information content (AvgIpc) is 3.36. The van der Waals surface area contributed by atoms with Gasteiger partial charge < -0.3 is 10.6 Å². The molecule has 2 aromatic heterocycles. The standard InChI is InChI=1S/C22H23N3OS/c23-18-17-15-10-4-5-11-16(15)21(25-12-6-7-13-25)24-22(17)27-20(18)19(26)14-8-2-1-3-9-14/h1-3,8-9H,4-7,10-13,23H2. The molecule has 1 aromatic carbocycles. The van der Waals surface area contributed by atoms with E-state index in [1.54, 1.807) is 0 Å². The van der Waals surface area contributed by atoms with E-state index in [0.717, 1.165) is 42.0 Å². The average molecular weight is 378 g/mol. The zero-order chi connectivity index (χ0) is 18.4. The monoisotopic (exact) mass is 377 g/mol. The lowest BCUT2D eigenvalue weighted by Crippen LogP contribution is -2.22. The third-order valence-corrected chi connectivity index (χ3v) is 6.92. The van der Waals surface area contributed by atoms with Gasteiger partial charge in [0, 0.05) is 24.0 Å². The smallest absolute Gasteiger partial charge is 0.205 e. The number of hydrogen-bond donors (Lipinski definition) is 1. The molecule has 3 aromatic rings. The summed E-state index contributed by atoms with van der Waals surface area (Å²) in [5.74, 6) is 1.15. The maximum absolute atomic E-state index is 13.0. The number of pyridine rings is 1. The number of carbonyl (C=O) groups is 1. The summed E-state index contributed by atoms with van der Waals surface area (Å²) in [5, 5.41) is 1.04. The number of rotatable bonds is 3. The molecule has 138 valence electrons. The molecule has 1 saturated heterocycles. The Kier molecular flexibility index (Phi) is 4.12. The van der Waals surface area contributed by atoms with Gasteiger partial charge in [-0.2, -0.15) is 0 Å². The second-order valence-electron chi connectivity index (χ2n) is 7.51. The molecule has 5 rings (SSSR count). The third-order valence-electron chi connectivity index (χ3n) is 5.82. The van der Waals surface area contributed by atoms with Crippen molar-refractivity contribution in [3.8, 4) is 0 Å². The van der Waals surface area contributed by atoms with E-state index in [-0.39, 0.29) is 5.78 Å². The minimum Gasteiger partial charge on any atom is -0.397 e. The molecule has 5 heteroatoms. The highest BCUT2D eigenvalue weighted by Crippen LogP contribution is 2.43. The van der Waals surface area contributed by atoms with Crippen molar-refractivity contribution in [1.29, 1.82) is 0 Å². The van der Waals surface area contributed by atoms with E-state index < -0.39 is 0 Å². The summed E-state index contributed by atoms with van der Waals surface area (Å²) < 4.78 is 0. The van der Waals surface area contributed by atoms with Gasteiger partial charge in [0.1, 0.15) is 15.5 Å². The van der Waals surface area contributed by atoms with Crippen molar-refractivity contribution in [2.45, 2.75) is 38.5 Å². The number of nitrogen functional groups attached to an aromatic ring is 1. The van der Waals surface area contributed by atoms with E-state index in [1.807, 2.05) is 30.3 Å². The summed E-state index contributed by atoms with van der Waals surface area (Å²) >= 11 is 1.46. The maximum atomic E-state index is 13.0. The molecule has 1 aliphatic heterocycles. The van der Waals surface area contributed by atoms with Crippen molar-refractivity contribution in [2.75, 3.05) is 23.7 Å². The molecule has 4 nitrogen and oxygen atoms in total. The molecule has 0 bridgehead atoms. The first-order valence-electron chi connectivity index (χ1n) is 9.82. The van der Waals surface area contributed by atoms with E-state index >= 15 is 0 Å². The zero-order valence-electron chi connectivity index (χ0n) is 15.3. The fourth-order valence-corrected chi connectivity index (χ4v) is 5.56. The number of aryl methyl sites for hydroxylation is 1. The number of hydrogen-bond acceptors (Lipinski definition) is 5. The van der Waals surface area contributed by atoms with E-state index in [0.29, 0.717) is 16.1 Å². The number of nitrogens with two attached hydrogens (primary N) is 1. The minimum absolute atomic E-state index is 0.00313. The van der Waals surface area contributed by atoms with Crippen molar-refractivity contribution in [1.82, 2.24) is 4.98 Å². The Morgan fingerprint density at radius 2 is 1.70 bits per heavy atom. The minimum atomic E-state index is 0.00313. The Labute approximate surface area is 163 Å². The topological polar surface area (TPSA) is 59.2 Å². The van der Waals surface area contributed by atoms with Crippen LogP contribution in [0.4, 0.5) is 11.5 Å². The summed E-state index contributed by atoms with van der Waals surface area (Å²) in [6.07, 6.45) is 6.97. The van der Waals surface area contributed by atoms with E-state index in [4.69, 9.17) is 10.7 Å². The highest BCUT2D eigenvalue weighted by molar-refractivity contribution is 7.21. The number of nitrogens with zero attached hydrogens (tertiary/aromatic N) is 2. The van der Waals surface area contributed by atoms with Gasteiger partial charge in [0.15, 0.2) is 0 Å². The molecule has 1 fully saturated rings. The Balaban J connectivity index is 1.70. The van der Waals surface area contributed by atoms with Crippen molar-refractivity contribution in [2.24, 2.45) is 0 Å². The molecule has 0 unspecified atom stereocenters. The lowest BCUT2D eigenvalue weighted by Gasteiger charge is -2.25. The maximum Gasteiger partial charge on any atom is 0.205 e. The first-order valence-corrected chi connectivity index (χ1v) is 10.6. The Bertz CT molecular complexity index is 1020. The van der Waals surface area contributed by atoms with Gasteiger partial charge >= 0.3 is 0 Å². The molecule has 1 aliphatic carbocycles. The fraction of sp³-hybridized carbons (Fsp3) is 0.364. The zero-order valence-corrected chi connectivity index (χ0v) is 16.1. The number of ketones is 1. The number of anilines is 2. The molecule has 0 atom stereocenters. The quantitative estimate of drug-likeness (QED) is 0.678. The van der Waals surface area contributed by atoms with Crippen LogP contribution in [0.2, 0.25) is 0 Å². The summed E-state index contributed by atoms with van der Waals surface area (Å²) in [4.78, 5) is 22.1. The van der Waals surface area contributed by atoms with Gasteiger partial charge in [0.05, 0.1) is 5.69 Å². The summed E-state index contributed by atoms with van der Waals surface area (Å²) in [7, 11) is 0. The molecule has 0 amide bonds. The van der Waals surface area contributed by atoms with Crippen LogP contribution in [-0.4, -0.2) is 23.9 Å². The van der Waals surface area contributed by atoms with Crippen LogP contribution < -0.4 is 10.6 Å². The SMILES string of the molecule is Nc1c(C(=O)c2ccccc2)sc2nc(N3CCCC3)c3c(c12)CCCC3. The van der Waals surface area contributed by atoms with E-state index in [9.17, 15) is 4.79 Å². The van der Waals surface area contributed by atoms with Gasteiger partial charge in [-0.3, -0.25) is 4.79 Å². The van der Waals surface area contributed by atoms with E-state index in [1.165, 1.54) is 48.1 Å². The molecule has 2 aliphatic rings. The highest BCUT2D eigenvalue weighted by atomic mass is 32.1. The fourth-order valence-electron chi connectivity index (χ4n) is 4.47. The predicted molar refractivity (Wildman–Crippen MR) is 112 cm³/mol. The molecule has 2 N–H and O–H groups in total. The first kappa shape index (κ1) is 16.8. The van der Waals surface area contributed by atoms with Crippen LogP contribution in [0.25, 0.3) is 10.2 Å². The Hall–Kier alpha value is -2.40. The van der Waals surface area contributed by atoms with Gasteiger partial charge in [-0.25, -0.2) is 4.98 Å². The van der Waals surface area contributed by atoms with Gasteiger partial charge in [-0.1, -0.05) is 30.3 Å². The van der Waals surface area contributed by atoms with Crippen molar-refractivity contribution >= 4 is 38.8 Å². The van der Waals surface area contributed by atoms with Gasteiger partial charge in [-0.05, 0) is 49.7 Å². The summed E-state index contributed by atoms with van der Waals surface area (Å²) in [5.41, 5.74) is 10.6. The van der Waals surface area contributed by atoms with Gasteiger partial charge in [-0.15, -0.1) is 11.3 Å². The molecule has 0 radical (unpaired) electrons. The molecular formula is C22H23N3OS. The molecular weight excluding hydrogens is 354 g/mol. The van der Waals surface area contributed by atoms with Gasteiger partial charge in [0.2, 0.25) is 5.78 Å².